The van der Waals surface area contributed by atoms with E-state index in [0.29, 0.717) is 5.41 Å². The molecule has 0 radical (unpaired) electrons. The molecule has 0 rings (SSSR count). The summed E-state index contributed by atoms with van der Waals surface area (Å²) in [5.41, 5.74) is 0.424. The molecule has 1 N–H and O–H groups in total. The molecule has 2 nitrogen and oxygen atoms in total. The van der Waals surface area contributed by atoms with E-state index in [1.54, 1.807) is 0 Å². The van der Waals surface area contributed by atoms with E-state index in [-0.39, 0.29) is 0 Å². The van der Waals surface area contributed by atoms with Crippen LogP contribution in [-0.2, 0) is 0 Å². The number of hydrogen-bond acceptors (Lipinski definition) is 2. The maximum atomic E-state index is 3.59. The highest BCUT2D eigenvalue weighted by Crippen LogP contribution is 2.23. The second kappa shape index (κ2) is 7.24. The molecule has 0 aromatic rings. The molecule has 0 amide bonds. The van der Waals surface area contributed by atoms with Crippen LogP contribution in [0.15, 0.2) is 0 Å². The van der Waals surface area contributed by atoms with Crippen molar-refractivity contribution in [2.24, 2.45) is 11.3 Å². The molecule has 0 saturated heterocycles. The Morgan fingerprint density at radius 3 is 2.27 bits per heavy atom. The second-order valence-corrected chi connectivity index (χ2v) is 5.82. The van der Waals surface area contributed by atoms with Crippen LogP contribution in [0.4, 0.5) is 0 Å². The quantitative estimate of drug-likeness (QED) is 0.668. The Labute approximate surface area is 96.4 Å². The summed E-state index contributed by atoms with van der Waals surface area (Å²) in [7, 11) is 4.33. The Hall–Kier alpha value is -0.0800. The summed E-state index contributed by atoms with van der Waals surface area (Å²) >= 11 is 0. The van der Waals surface area contributed by atoms with E-state index in [1.165, 1.54) is 19.4 Å². The standard InChI is InChI=1S/C13H30N2/c1-7-8-13(4,11-15(5)6)10-14-9-12(2)3/h12,14H,7-11H2,1-6H3. The van der Waals surface area contributed by atoms with Gasteiger partial charge in [-0.25, -0.2) is 0 Å². The molecule has 1 atom stereocenters. The lowest BCUT2D eigenvalue weighted by Crippen LogP contribution is -2.40. The first kappa shape index (κ1) is 14.9. The zero-order valence-corrected chi connectivity index (χ0v) is 11.6. The molecular formula is C13H30N2. The maximum Gasteiger partial charge on any atom is 0.00414 e. The monoisotopic (exact) mass is 214 g/mol. The normalized spacial score (nSPS) is 16.0. The van der Waals surface area contributed by atoms with E-state index in [2.05, 4.69) is 52.0 Å². The van der Waals surface area contributed by atoms with Crippen LogP contribution in [-0.4, -0.2) is 38.6 Å². The fourth-order valence-electron chi connectivity index (χ4n) is 2.25. The molecule has 1 unspecified atom stereocenters. The lowest BCUT2D eigenvalue weighted by Gasteiger charge is -2.33. The summed E-state index contributed by atoms with van der Waals surface area (Å²) in [6.45, 7) is 12.6. The van der Waals surface area contributed by atoms with E-state index in [1.807, 2.05) is 0 Å². The fourth-order valence-corrected chi connectivity index (χ4v) is 2.25. The van der Waals surface area contributed by atoms with Crippen LogP contribution >= 0.6 is 0 Å². The van der Waals surface area contributed by atoms with Gasteiger partial charge in [0.1, 0.15) is 0 Å². The molecule has 0 saturated carbocycles. The highest BCUT2D eigenvalue weighted by atomic mass is 15.1. The Morgan fingerprint density at radius 2 is 1.87 bits per heavy atom. The smallest absolute Gasteiger partial charge is 0.00414 e. The van der Waals surface area contributed by atoms with Crippen molar-refractivity contribution < 1.29 is 0 Å². The van der Waals surface area contributed by atoms with Crippen LogP contribution in [0.25, 0.3) is 0 Å². The number of nitrogens with one attached hydrogen (secondary N) is 1. The molecular weight excluding hydrogens is 184 g/mol. The molecule has 0 aliphatic carbocycles. The summed E-state index contributed by atoms with van der Waals surface area (Å²) in [5, 5.41) is 3.59. The van der Waals surface area contributed by atoms with Gasteiger partial charge < -0.3 is 10.2 Å². The molecule has 0 spiro atoms. The number of nitrogens with zero attached hydrogens (tertiary/aromatic N) is 1. The highest BCUT2D eigenvalue weighted by molar-refractivity contribution is 4.79. The maximum absolute atomic E-state index is 3.59. The molecule has 0 fully saturated rings. The van der Waals surface area contributed by atoms with E-state index >= 15 is 0 Å². The molecule has 15 heavy (non-hydrogen) atoms. The van der Waals surface area contributed by atoms with Gasteiger partial charge in [0.05, 0.1) is 0 Å². The lowest BCUT2D eigenvalue weighted by molar-refractivity contribution is 0.193. The average molecular weight is 214 g/mol. The van der Waals surface area contributed by atoms with Gasteiger partial charge in [0.2, 0.25) is 0 Å². The Kier molecular flexibility index (Phi) is 7.20. The minimum atomic E-state index is 0.424. The van der Waals surface area contributed by atoms with Gasteiger partial charge in [-0.3, -0.25) is 0 Å². The summed E-state index contributed by atoms with van der Waals surface area (Å²) in [5.74, 6) is 0.746. The van der Waals surface area contributed by atoms with E-state index in [4.69, 9.17) is 0 Å². The molecule has 0 aromatic heterocycles. The Bertz CT molecular complexity index is 155. The predicted octanol–water partition coefficient (Wildman–Crippen LogP) is 2.60. The highest BCUT2D eigenvalue weighted by Gasteiger charge is 2.23. The second-order valence-electron chi connectivity index (χ2n) is 5.82. The molecule has 0 aliphatic rings. The third kappa shape index (κ3) is 7.80. The van der Waals surface area contributed by atoms with Crippen molar-refractivity contribution in [1.29, 1.82) is 0 Å². The first-order valence-corrected chi connectivity index (χ1v) is 6.25. The minimum absolute atomic E-state index is 0.424. The molecule has 0 aliphatic heterocycles. The summed E-state index contributed by atoms with van der Waals surface area (Å²) < 4.78 is 0. The fraction of sp³-hybridized carbons (Fsp3) is 1.00. The third-order valence-corrected chi connectivity index (χ3v) is 2.66. The zero-order valence-electron chi connectivity index (χ0n) is 11.6. The summed E-state index contributed by atoms with van der Waals surface area (Å²) in [6, 6.07) is 0. The van der Waals surface area contributed by atoms with Crippen LogP contribution in [0, 0.1) is 11.3 Å². The lowest BCUT2D eigenvalue weighted by atomic mass is 9.85. The molecule has 0 bridgehead atoms. The van der Waals surface area contributed by atoms with Crippen LogP contribution in [0.5, 0.6) is 0 Å². The van der Waals surface area contributed by atoms with Gasteiger partial charge in [0.15, 0.2) is 0 Å². The van der Waals surface area contributed by atoms with Crippen LogP contribution < -0.4 is 5.32 Å². The summed E-state index contributed by atoms with van der Waals surface area (Å²) in [6.07, 6.45) is 2.57. The largest absolute Gasteiger partial charge is 0.316 e. The SMILES string of the molecule is CCCC(C)(CNCC(C)C)CN(C)C. The predicted molar refractivity (Wildman–Crippen MR) is 69.3 cm³/mol. The van der Waals surface area contributed by atoms with Gasteiger partial charge in [-0.1, -0.05) is 34.1 Å². The van der Waals surface area contributed by atoms with Crippen LogP contribution in [0.1, 0.15) is 40.5 Å². The first-order valence-electron chi connectivity index (χ1n) is 6.25. The van der Waals surface area contributed by atoms with Crippen molar-refractivity contribution >= 4 is 0 Å². The molecule has 0 aromatic carbocycles. The van der Waals surface area contributed by atoms with Crippen molar-refractivity contribution in [3.8, 4) is 0 Å². The molecule has 2 heteroatoms. The Morgan fingerprint density at radius 1 is 1.27 bits per heavy atom. The van der Waals surface area contributed by atoms with Gasteiger partial charge in [0, 0.05) is 13.1 Å². The molecule has 0 heterocycles. The van der Waals surface area contributed by atoms with Crippen molar-refractivity contribution in [3.63, 3.8) is 0 Å². The zero-order chi connectivity index (χ0) is 11.9. The molecule has 92 valence electrons. The van der Waals surface area contributed by atoms with Gasteiger partial charge >= 0.3 is 0 Å². The average Bonchev–Trinajstić information content (AvgIpc) is 2.01. The topological polar surface area (TPSA) is 15.3 Å². The number of rotatable bonds is 8. The van der Waals surface area contributed by atoms with Crippen LogP contribution in [0.3, 0.4) is 0 Å². The van der Waals surface area contributed by atoms with Crippen molar-refractivity contribution in [2.75, 3.05) is 33.7 Å². The van der Waals surface area contributed by atoms with Crippen LogP contribution in [0.2, 0.25) is 0 Å². The van der Waals surface area contributed by atoms with Crippen molar-refractivity contribution in [2.45, 2.75) is 40.5 Å². The van der Waals surface area contributed by atoms with Crippen molar-refractivity contribution in [3.05, 3.63) is 0 Å². The van der Waals surface area contributed by atoms with E-state index in [0.717, 1.165) is 19.0 Å². The number of hydrogen-bond donors (Lipinski definition) is 1. The van der Waals surface area contributed by atoms with Gasteiger partial charge in [-0.05, 0) is 38.4 Å². The van der Waals surface area contributed by atoms with Gasteiger partial charge in [-0.2, -0.15) is 0 Å². The van der Waals surface area contributed by atoms with Gasteiger partial charge in [0.25, 0.3) is 0 Å². The third-order valence-electron chi connectivity index (χ3n) is 2.66. The minimum Gasteiger partial charge on any atom is -0.316 e. The van der Waals surface area contributed by atoms with Crippen molar-refractivity contribution in [1.82, 2.24) is 10.2 Å². The van der Waals surface area contributed by atoms with E-state index < -0.39 is 0 Å². The van der Waals surface area contributed by atoms with Gasteiger partial charge in [-0.15, -0.1) is 0 Å². The summed E-state index contributed by atoms with van der Waals surface area (Å²) in [4.78, 5) is 2.30. The van der Waals surface area contributed by atoms with E-state index in [9.17, 15) is 0 Å². The Balaban J connectivity index is 4.00. The first-order chi connectivity index (χ1) is 6.89.